The molecule has 0 amide bonds. The third-order valence-electron chi connectivity index (χ3n) is 1.60. The number of nitrogens with one attached hydrogen (secondary N) is 1. The van der Waals surface area contributed by atoms with Crippen LogP contribution in [0.3, 0.4) is 0 Å². The second kappa shape index (κ2) is 3.85. The number of aromatic nitrogens is 1. The van der Waals surface area contributed by atoms with E-state index in [1.165, 1.54) is 12.3 Å². The van der Waals surface area contributed by atoms with Gasteiger partial charge in [0.05, 0.1) is 10.6 Å². The van der Waals surface area contributed by atoms with Crippen molar-refractivity contribution >= 4 is 17.4 Å². The number of hydrogen-bond donors (Lipinski definition) is 1. The molecule has 0 aliphatic rings. The molecule has 2 nitrogen and oxygen atoms in total. The van der Waals surface area contributed by atoms with Gasteiger partial charge in [0.1, 0.15) is 0 Å². The van der Waals surface area contributed by atoms with Crippen LogP contribution >= 0.6 is 11.6 Å². The van der Waals surface area contributed by atoms with Gasteiger partial charge in [0.15, 0.2) is 11.6 Å². The first-order valence-corrected chi connectivity index (χ1v) is 4.39. The van der Waals surface area contributed by atoms with Crippen molar-refractivity contribution < 1.29 is 4.39 Å². The lowest BCUT2D eigenvalue weighted by atomic mass is 10.1. The molecule has 0 bridgehead atoms. The van der Waals surface area contributed by atoms with E-state index in [0.717, 1.165) is 0 Å². The van der Waals surface area contributed by atoms with Crippen LogP contribution in [0.2, 0.25) is 5.02 Å². The summed E-state index contributed by atoms with van der Waals surface area (Å²) in [5.74, 6) is 2.08. The van der Waals surface area contributed by atoms with Gasteiger partial charge in [0, 0.05) is 6.20 Å². The molecule has 1 N–H and O–H groups in total. The van der Waals surface area contributed by atoms with E-state index in [1.54, 1.807) is 13.8 Å². The molecule has 0 aromatic carbocycles. The lowest BCUT2D eigenvalue weighted by Gasteiger charge is -2.20. The largest absolute Gasteiger partial charge is 0.352 e. The molecule has 0 spiro atoms. The number of hydrogen-bond acceptors (Lipinski definition) is 2. The highest BCUT2D eigenvalue weighted by Gasteiger charge is 2.16. The highest BCUT2D eigenvalue weighted by Crippen LogP contribution is 2.18. The molecular formula is C10H10ClFN2. The minimum Gasteiger partial charge on any atom is -0.352 e. The molecule has 0 atom stereocenters. The molecule has 4 heteroatoms. The van der Waals surface area contributed by atoms with E-state index in [2.05, 4.69) is 16.2 Å². The molecule has 0 fully saturated rings. The first-order chi connectivity index (χ1) is 6.44. The smallest absolute Gasteiger partial charge is 0.166 e. The third kappa shape index (κ3) is 2.61. The summed E-state index contributed by atoms with van der Waals surface area (Å²) in [6.07, 6.45) is 6.61. The first-order valence-electron chi connectivity index (χ1n) is 4.01. The Morgan fingerprint density at radius 3 is 2.79 bits per heavy atom. The second-order valence-electron chi connectivity index (χ2n) is 3.38. The average Bonchev–Trinajstić information content (AvgIpc) is 2.10. The normalized spacial score (nSPS) is 10.8. The molecule has 14 heavy (non-hydrogen) atoms. The molecule has 0 saturated heterocycles. The van der Waals surface area contributed by atoms with Crippen molar-refractivity contribution in [3.63, 3.8) is 0 Å². The molecule has 1 aromatic rings. The van der Waals surface area contributed by atoms with Gasteiger partial charge in [-0.1, -0.05) is 17.5 Å². The summed E-state index contributed by atoms with van der Waals surface area (Å²) in [7, 11) is 0. The van der Waals surface area contributed by atoms with Crippen molar-refractivity contribution in [3.05, 3.63) is 23.1 Å². The van der Waals surface area contributed by atoms with Crippen LogP contribution in [0.15, 0.2) is 12.3 Å². The molecule has 1 rings (SSSR count). The van der Waals surface area contributed by atoms with Gasteiger partial charge in [-0.2, -0.15) is 0 Å². The second-order valence-corrected chi connectivity index (χ2v) is 3.81. The van der Waals surface area contributed by atoms with Gasteiger partial charge >= 0.3 is 0 Å². The minimum absolute atomic E-state index is 0.109. The average molecular weight is 213 g/mol. The van der Waals surface area contributed by atoms with E-state index in [4.69, 9.17) is 18.0 Å². The van der Waals surface area contributed by atoms with Gasteiger partial charge in [-0.3, -0.25) is 0 Å². The van der Waals surface area contributed by atoms with Gasteiger partial charge in [-0.25, -0.2) is 9.37 Å². The van der Waals surface area contributed by atoms with Crippen LogP contribution in [0.1, 0.15) is 13.8 Å². The third-order valence-corrected chi connectivity index (χ3v) is 1.81. The Morgan fingerprint density at radius 1 is 1.64 bits per heavy atom. The van der Waals surface area contributed by atoms with Crippen molar-refractivity contribution in [1.82, 2.24) is 4.98 Å². The van der Waals surface area contributed by atoms with Crippen molar-refractivity contribution in [2.24, 2.45) is 0 Å². The van der Waals surface area contributed by atoms with Crippen LogP contribution in [0.4, 0.5) is 10.2 Å². The molecule has 1 heterocycles. The van der Waals surface area contributed by atoms with Gasteiger partial charge in [0.25, 0.3) is 0 Å². The van der Waals surface area contributed by atoms with Gasteiger partial charge in [-0.15, -0.1) is 6.42 Å². The van der Waals surface area contributed by atoms with Crippen LogP contribution in [0.25, 0.3) is 0 Å². The van der Waals surface area contributed by atoms with E-state index < -0.39 is 11.4 Å². The molecule has 0 aliphatic heterocycles. The Morgan fingerprint density at radius 2 is 2.29 bits per heavy atom. The number of rotatable bonds is 2. The first kappa shape index (κ1) is 10.8. The topological polar surface area (TPSA) is 24.9 Å². The highest BCUT2D eigenvalue weighted by atomic mass is 35.5. The fraction of sp³-hybridized carbons (Fsp3) is 0.300. The molecule has 74 valence electrons. The number of nitrogens with zero attached hydrogens (tertiary/aromatic N) is 1. The van der Waals surface area contributed by atoms with Crippen LogP contribution in [-0.4, -0.2) is 10.5 Å². The predicted octanol–water partition coefficient (Wildman–Crippen LogP) is 2.70. The Labute approximate surface area is 87.5 Å². The maximum atomic E-state index is 13.2. The lowest BCUT2D eigenvalue weighted by Crippen LogP contribution is -2.29. The zero-order valence-corrected chi connectivity index (χ0v) is 8.69. The van der Waals surface area contributed by atoms with Crippen molar-refractivity contribution in [1.29, 1.82) is 0 Å². The Hall–Kier alpha value is -1.27. The number of halogens is 2. The number of terminal acetylenes is 1. The summed E-state index contributed by atoms with van der Waals surface area (Å²) in [5.41, 5.74) is -0.637. The van der Waals surface area contributed by atoms with Crippen LogP contribution in [-0.2, 0) is 0 Å². The summed E-state index contributed by atoms with van der Waals surface area (Å²) in [6, 6.07) is 1.18. The van der Waals surface area contributed by atoms with Crippen LogP contribution in [0.5, 0.6) is 0 Å². The van der Waals surface area contributed by atoms with E-state index in [0.29, 0.717) is 0 Å². The fourth-order valence-electron chi connectivity index (χ4n) is 0.839. The van der Waals surface area contributed by atoms with Crippen LogP contribution in [0, 0.1) is 18.2 Å². The Kier molecular flexibility index (Phi) is 2.97. The van der Waals surface area contributed by atoms with Gasteiger partial charge < -0.3 is 5.32 Å². The Balaban J connectivity index is 2.94. The van der Waals surface area contributed by atoms with Crippen molar-refractivity contribution in [2.75, 3.05) is 5.32 Å². The fourth-order valence-corrected chi connectivity index (χ4v) is 0.983. The maximum absolute atomic E-state index is 13.2. The van der Waals surface area contributed by atoms with E-state index in [9.17, 15) is 4.39 Å². The number of anilines is 1. The summed E-state index contributed by atoms with van der Waals surface area (Å²) >= 11 is 5.55. The molecule has 1 aromatic heterocycles. The molecule has 0 saturated carbocycles. The molecule has 0 radical (unpaired) electrons. The monoisotopic (exact) mass is 212 g/mol. The van der Waals surface area contributed by atoms with Crippen molar-refractivity contribution in [3.8, 4) is 12.3 Å². The SMILES string of the molecule is C#CC(C)(C)Nc1ncc(Cl)cc1F. The van der Waals surface area contributed by atoms with Gasteiger partial charge in [0.2, 0.25) is 0 Å². The maximum Gasteiger partial charge on any atom is 0.166 e. The van der Waals surface area contributed by atoms with E-state index in [-0.39, 0.29) is 10.8 Å². The van der Waals surface area contributed by atoms with Crippen molar-refractivity contribution in [2.45, 2.75) is 19.4 Å². The van der Waals surface area contributed by atoms with E-state index >= 15 is 0 Å². The lowest BCUT2D eigenvalue weighted by molar-refractivity contribution is 0.614. The summed E-state index contributed by atoms with van der Waals surface area (Å²) in [4.78, 5) is 3.80. The zero-order chi connectivity index (χ0) is 10.8. The highest BCUT2D eigenvalue weighted by molar-refractivity contribution is 6.30. The minimum atomic E-state index is -0.637. The predicted molar refractivity (Wildman–Crippen MR) is 55.7 cm³/mol. The standard InChI is InChI=1S/C10H10ClFN2/c1-4-10(2,3)14-9-8(12)5-7(11)6-13-9/h1,5-6H,2-3H3,(H,13,14). The summed E-state index contributed by atoms with van der Waals surface area (Å²) in [5, 5.41) is 3.04. The molecule has 0 unspecified atom stereocenters. The van der Waals surface area contributed by atoms with E-state index in [1.807, 2.05) is 0 Å². The number of pyridine rings is 1. The summed E-state index contributed by atoms with van der Waals surface area (Å²) in [6.45, 7) is 3.51. The molecule has 0 aliphatic carbocycles. The Bertz CT molecular complexity index is 382. The molecular weight excluding hydrogens is 203 g/mol. The van der Waals surface area contributed by atoms with Crippen LogP contribution < -0.4 is 5.32 Å². The van der Waals surface area contributed by atoms with Gasteiger partial charge in [-0.05, 0) is 19.9 Å². The summed E-state index contributed by atoms with van der Waals surface area (Å²) < 4.78 is 13.2. The quantitative estimate of drug-likeness (QED) is 0.763. The zero-order valence-electron chi connectivity index (χ0n) is 7.94.